The first-order valence-corrected chi connectivity index (χ1v) is 5.45. The number of methoxy groups -OCH3 is 1. The SMILES string of the molecule is CCCC(C)C(=O)OCCOCCOC. The molecule has 0 aliphatic carbocycles. The summed E-state index contributed by atoms with van der Waals surface area (Å²) in [4.78, 5) is 11.3. The van der Waals surface area contributed by atoms with Gasteiger partial charge < -0.3 is 14.2 Å². The van der Waals surface area contributed by atoms with E-state index in [1.54, 1.807) is 7.11 Å². The Hall–Kier alpha value is -0.610. The number of esters is 1. The number of hydrogen-bond acceptors (Lipinski definition) is 4. The largest absolute Gasteiger partial charge is 0.463 e. The van der Waals surface area contributed by atoms with Crippen LogP contribution in [0.3, 0.4) is 0 Å². The van der Waals surface area contributed by atoms with Gasteiger partial charge in [-0.1, -0.05) is 20.3 Å². The molecule has 4 heteroatoms. The Morgan fingerprint density at radius 2 is 1.87 bits per heavy atom. The Morgan fingerprint density at radius 3 is 2.47 bits per heavy atom. The molecule has 0 aliphatic heterocycles. The average molecular weight is 218 g/mol. The lowest BCUT2D eigenvalue weighted by Crippen LogP contribution is -2.18. The predicted octanol–water partition coefficient (Wildman–Crippen LogP) is 1.63. The van der Waals surface area contributed by atoms with Crippen molar-refractivity contribution in [1.29, 1.82) is 0 Å². The maximum atomic E-state index is 11.3. The van der Waals surface area contributed by atoms with Gasteiger partial charge >= 0.3 is 5.97 Å². The molecule has 0 N–H and O–H groups in total. The third-order valence-corrected chi connectivity index (χ3v) is 2.03. The molecule has 0 saturated carbocycles. The van der Waals surface area contributed by atoms with Gasteiger partial charge in [-0.3, -0.25) is 4.79 Å². The van der Waals surface area contributed by atoms with Crippen molar-refractivity contribution in [3.05, 3.63) is 0 Å². The summed E-state index contributed by atoms with van der Waals surface area (Å²) < 4.78 is 15.0. The van der Waals surface area contributed by atoms with Crippen molar-refractivity contribution in [2.75, 3.05) is 33.5 Å². The van der Waals surface area contributed by atoms with Crippen molar-refractivity contribution in [3.8, 4) is 0 Å². The van der Waals surface area contributed by atoms with Crippen molar-refractivity contribution in [2.45, 2.75) is 26.7 Å². The molecule has 0 aromatic rings. The normalized spacial score (nSPS) is 12.5. The van der Waals surface area contributed by atoms with Gasteiger partial charge in [-0.05, 0) is 6.42 Å². The van der Waals surface area contributed by atoms with Crippen LogP contribution in [-0.4, -0.2) is 39.5 Å². The molecular weight excluding hydrogens is 196 g/mol. The highest BCUT2D eigenvalue weighted by Crippen LogP contribution is 2.06. The molecule has 4 nitrogen and oxygen atoms in total. The summed E-state index contributed by atoms with van der Waals surface area (Å²) in [7, 11) is 1.62. The van der Waals surface area contributed by atoms with Crippen molar-refractivity contribution >= 4 is 5.97 Å². The van der Waals surface area contributed by atoms with E-state index in [1.165, 1.54) is 0 Å². The van der Waals surface area contributed by atoms with Crippen LogP contribution in [0.15, 0.2) is 0 Å². The quantitative estimate of drug-likeness (QED) is 0.436. The zero-order chi connectivity index (χ0) is 11.5. The maximum Gasteiger partial charge on any atom is 0.308 e. The van der Waals surface area contributed by atoms with Crippen molar-refractivity contribution in [2.24, 2.45) is 5.92 Å². The van der Waals surface area contributed by atoms with Crippen LogP contribution in [0.1, 0.15) is 26.7 Å². The third-order valence-electron chi connectivity index (χ3n) is 2.03. The van der Waals surface area contributed by atoms with E-state index in [-0.39, 0.29) is 11.9 Å². The summed E-state index contributed by atoms with van der Waals surface area (Å²) in [6, 6.07) is 0. The molecule has 90 valence electrons. The van der Waals surface area contributed by atoms with Gasteiger partial charge in [0.2, 0.25) is 0 Å². The molecule has 0 bridgehead atoms. The second-order valence-corrected chi connectivity index (χ2v) is 3.46. The van der Waals surface area contributed by atoms with Crippen LogP contribution in [0.4, 0.5) is 0 Å². The van der Waals surface area contributed by atoms with E-state index in [1.807, 2.05) is 6.92 Å². The summed E-state index contributed by atoms with van der Waals surface area (Å²) in [6.07, 6.45) is 1.88. The summed E-state index contributed by atoms with van der Waals surface area (Å²) >= 11 is 0. The fraction of sp³-hybridized carbons (Fsp3) is 0.909. The Labute approximate surface area is 91.9 Å². The predicted molar refractivity (Wildman–Crippen MR) is 57.7 cm³/mol. The number of ether oxygens (including phenoxy) is 3. The monoisotopic (exact) mass is 218 g/mol. The molecule has 0 rings (SSSR count). The maximum absolute atomic E-state index is 11.3. The first kappa shape index (κ1) is 14.4. The van der Waals surface area contributed by atoms with E-state index >= 15 is 0 Å². The Bertz CT molecular complexity index is 159. The van der Waals surface area contributed by atoms with Gasteiger partial charge in [0.15, 0.2) is 0 Å². The van der Waals surface area contributed by atoms with E-state index in [9.17, 15) is 4.79 Å². The van der Waals surface area contributed by atoms with E-state index in [4.69, 9.17) is 14.2 Å². The number of rotatable bonds is 9. The highest BCUT2D eigenvalue weighted by molar-refractivity contribution is 5.71. The zero-order valence-corrected chi connectivity index (χ0v) is 9.95. The molecule has 1 atom stereocenters. The standard InChI is InChI=1S/C11H22O4/c1-4-5-10(2)11(12)15-9-8-14-7-6-13-3/h10H,4-9H2,1-3H3. The Kier molecular flexibility index (Phi) is 9.52. The van der Waals surface area contributed by atoms with Gasteiger partial charge in [-0.15, -0.1) is 0 Å². The van der Waals surface area contributed by atoms with Crippen LogP contribution in [0.5, 0.6) is 0 Å². The van der Waals surface area contributed by atoms with E-state index in [2.05, 4.69) is 6.92 Å². The van der Waals surface area contributed by atoms with Crippen LogP contribution >= 0.6 is 0 Å². The van der Waals surface area contributed by atoms with Gasteiger partial charge in [0.25, 0.3) is 0 Å². The molecule has 1 unspecified atom stereocenters. The van der Waals surface area contributed by atoms with Gasteiger partial charge in [0, 0.05) is 7.11 Å². The topological polar surface area (TPSA) is 44.8 Å². The lowest BCUT2D eigenvalue weighted by atomic mass is 10.1. The molecule has 0 radical (unpaired) electrons. The lowest BCUT2D eigenvalue weighted by Gasteiger charge is -2.10. The summed E-state index contributed by atoms with van der Waals surface area (Å²) in [5.41, 5.74) is 0. The molecule has 0 aromatic heterocycles. The van der Waals surface area contributed by atoms with Crippen molar-refractivity contribution < 1.29 is 19.0 Å². The molecule has 0 aromatic carbocycles. The van der Waals surface area contributed by atoms with E-state index in [0.717, 1.165) is 12.8 Å². The smallest absolute Gasteiger partial charge is 0.308 e. The van der Waals surface area contributed by atoms with Gasteiger partial charge in [-0.25, -0.2) is 0 Å². The fourth-order valence-electron chi connectivity index (χ4n) is 1.14. The summed E-state index contributed by atoms with van der Waals surface area (Å²) in [5.74, 6) is -0.138. The van der Waals surface area contributed by atoms with Gasteiger partial charge in [0.05, 0.1) is 25.7 Å². The fourth-order valence-corrected chi connectivity index (χ4v) is 1.14. The molecule has 0 fully saturated rings. The molecule has 0 saturated heterocycles. The number of carbonyl (C=O) groups excluding carboxylic acids is 1. The minimum Gasteiger partial charge on any atom is -0.463 e. The van der Waals surface area contributed by atoms with Crippen LogP contribution in [0, 0.1) is 5.92 Å². The van der Waals surface area contributed by atoms with Crippen LogP contribution in [0.25, 0.3) is 0 Å². The molecule has 0 heterocycles. The molecule has 15 heavy (non-hydrogen) atoms. The number of hydrogen-bond donors (Lipinski definition) is 0. The highest BCUT2D eigenvalue weighted by atomic mass is 16.6. The summed E-state index contributed by atoms with van der Waals surface area (Å²) in [6.45, 7) is 5.82. The zero-order valence-electron chi connectivity index (χ0n) is 9.95. The highest BCUT2D eigenvalue weighted by Gasteiger charge is 2.12. The molecule has 0 amide bonds. The average Bonchev–Trinajstić information content (AvgIpc) is 2.23. The van der Waals surface area contributed by atoms with Crippen molar-refractivity contribution in [3.63, 3.8) is 0 Å². The van der Waals surface area contributed by atoms with Gasteiger partial charge in [-0.2, -0.15) is 0 Å². The second kappa shape index (κ2) is 9.93. The van der Waals surface area contributed by atoms with Crippen LogP contribution < -0.4 is 0 Å². The molecular formula is C11H22O4. The minimum atomic E-state index is -0.132. The summed E-state index contributed by atoms with van der Waals surface area (Å²) in [5, 5.41) is 0. The Morgan fingerprint density at radius 1 is 1.20 bits per heavy atom. The van der Waals surface area contributed by atoms with E-state index < -0.39 is 0 Å². The van der Waals surface area contributed by atoms with Crippen molar-refractivity contribution in [1.82, 2.24) is 0 Å². The number of carbonyl (C=O) groups is 1. The van der Waals surface area contributed by atoms with Crippen LogP contribution in [-0.2, 0) is 19.0 Å². The third kappa shape index (κ3) is 8.39. The second-order valence-electron chi connectivity index (χ2n) is 3.46. The lowest BCUT2D eigenvalue weighted by molar-refractivity contribution is -0.149. The molecule has 0 spiro atoms. The first-order valence-electron chi connectivity index (χ1n) is 5.45. The minimum absolute atomic E-state index is 0.00558. The van der Waals surface area contributed by atoms with Crippen LogP contribution in [0.2, 0.25) is 0 Å². The Balaban J connectivity index is 3.30. The van der Waals surface area contributed by atoms with Gasteiger partial charge in [0.1, 0.15) is 6.61 Å². The molecule has 0 aliphatic rings. The first-order chi connectivity index (χ1) is 7.22. The van der Waals surface area contributed by atoms with E-state index in [0.29, 0.717) is 26.4 Å².